The number of carboxylic acid groups (broad SMARTS) is 13. The standard InChI is InChI=1S/C96H113N19O32/c1-4-97-71(116)43-110(49-77(125)126)34-31-107(46-74(119)120)37-40-113(52-80(131)132)87(94(142)143)104-90(137)59-15-7-55(8-16-59)83-63-23-25-65(100-63)84(56-9-17-60(18-10-56)91(138)105-88(95(144)145)114(53-81(133)134)41-38-108(47-75(121)122)32-35-111(50-78(127)128)44-72(117)98-5-2)67-27-29-69(102-67)86(58-13-21-62(22-14-58)93(140)141)70-30-28-68(103-70)85(66-26-24-64(83)101-66)57-11-19-61(20-12-57)92(139)106-89(96(146)147)115(54-82(135)136)42-39-109(48-76(123)124)33-36-112(51-79(129)130)45-73(118)99-6-3/h7-30,87-89,100-103H,4-6,31-54H2,1-3H3,(H,97,116)(H,98,117)(H,99,118)(H,104,137)(H,105,138)(H,106,139)(H,119,120)(H,121,122)(H,123,124)(H,125,126)(H,127,128)(H,129,130)(H,131,132)(H,133,134)(H,135,136)(H,140,141)(H,142,143)(H,144,145)(H,146,147). The molecule has 6 amide bonds. The number of carbonyl (C=O) groups excluding carboxylic acids is 6. The van der Waals surface area contributed by atoms with Crippen LogP contribution in [0.2, 0.25) is 0 Å². The summed E-state index contributed by atoms with van der Waals surface area (Å²) in [6.45, 7) is -6.50. The first-order valence-corrected chi connectivity index (χ1v) is 45.7. The van der Waals surface area contributed by atoms with Crippen molar-refractivity contribution in [3.8, 4) is 0 Å². The summed E-state index contributed by atoms with van der Waals surface area (Å²) in [6.07, 6.45) is -6.30. The molecular formula is C96H113N19O32. The minimum absolute atomic E-state index is 0.0824. The first kappa shape index (κ1) is 114. The van der Waals surface area contributed by atoms with Gasteiger partial charge >= 0.3 is 77.6 Å². The molecular weight excluding hydrogens is 1930 g/mol. The van der Waals surface area contributed by atoms with Crippen molar-refractivity contribution in [3.05, 3.63) is 234 Å². The zero-order valence-corrected chi connectivity index (χ0v) is 79.8. The van der Waals surface area contributed by atoms with Crippen LogP contribution >= 0.6 is 0 Å². The first-order chi connectivity index (χ1) is 69.9. The van der Waals surface area contributed by atoms with E-state index in [1.165, 1.54) is 114 Å². The van der Waals surface area contributed by atoms with Gasteiger partial charge in [-0.2, -0.15) is 0 Å². The zero-order chi connectivity index (χ0) is 108. The quantitative estimate of drug-likeness (QED) is 0.0159. The van der Waals surface area contributed by atoms with E-state index in [-0.39, 0.29) is 114 Å². The largest absolute Gasteiger partial charge is 0.480 e. The highest BCUT2D eigenvalue weighted by molar-refractivity contribution is 6.00. The molecule has 5 heterocycles. The number of aromatic carboxylic acids is 1. The van der Waals surface area contributed by atoms with Crippen LogP contribution in [0.4, 0.5) is 0 Å². The number of carboxylic acids is 13. The lowest BCUT2D eigenvalue weighted by Crippen LogP contribution is -2.56. The summed E-state index contributed by atoms with van der Waals surface area (Å²) < 4.78 is 0. The van der Waals surface area contributed by atoms with Gasteiger partial charge in [0.1, 0.15) is 0 Å². The maximum atomic E-state index is 14.6. The predicted octanol–water partition coefficient (Wildman–Crippen LogP) is -4.69. The Kier molecular flexibility index (Phi) is 42.1. The fourth-order valence-electron chi connectivity index (χ4n) is 16.3. The molecule has 23 N–H and O–H groups in total. The van der Waals surface area contributed by atoms with Crippen LogP contribution in [0.1, 0.15) is 107 Å². The second kappa shape index (κ2) is 54.5. The van der Waals surface area contributed by atoms with Crippen molar-refractivity contribution in [1.82, 2.24) is 95.9 Å². The number of aromatic amines is 4. The highest BCUT2D eigenvalue weighted by Crippen LogP contribution is 2.30. The molecule has 4 aromatic carbocycles. The van der Waals surface area contributed by atoms with Crippen molar-refractivity contribution in [3.63, 3.8) is 0 Å². The van der Waals surface area contributed by atoms with E-state index >= 15 is 0 Å². The second-order valence-corrected chi connectivity index (χ2v) is 33.7. The lowest BCUT2D eigenvalue weighted by atomic mass is 10.0. The van der Waals surface area contributed by atoms with Gasteiger partial charge in [-0.1, -0.05) is 48.5 Å². The molecule has 51 nitrogen and oxygen atoms in total. The van der Waals surface area contributed by atoms with Crippen LogP contribution in [0.3, 0.4) is 0 Å². The summed E-state index contributed by atoms with van der Waals surface area (Å²) in [5.41, 5.74) is 3.65. The van der Waals surface area contributed by atoms with E-state index in [0.29, 0.717) is 88.7 Å². The van der Waals surface area contributed by atoms with Crippen LogP contribution in [-0.4, -0.2) is 439 Å². The van der Waals surface area contributed by atoms with Crippen LogP contribution in [0, 0.1) is 0 Å². The van der Waals surface area contributed by atoms with E-state index < -0.39 is 217 Å². The minimum Gasteiger partial charge on any atom is -0.480 e. The third-order valence-electron chi connectivity index (χ3n) is 22.9. The molecule has 3 atom stereocenters. The molecule has 0 radical (unpaired) electrons. The Morgan fingerprint density at radius 2 is 0.429 bits per heavy atom. The number of benzene rings is 4. The Hall–Kier alpha value is -16.9. The Bertz CT molecular complexity index is 6440. The molecule has 51 heteroatoms. The highest BCUT2D eigenvalue weighted by Gasteiger charge is 2.36. The van der Waals surface area contributed by atoms with Gasteiger partial charge in [0.25, 0.3) is 17.7 Å². The molecule has 3 unspecified atom stereocenters. The number of H-pyrrole nitrogens is 4. The highest BCUT2D eigenvalue weighted by atomic mass is 16.4. The van der Waals surface area contributed by atoms with Crippen molar-refractivity contribution >= 4 is 135 Å². The summed E-state index contributed by atoms with van der Waals surface area (Å²) in [6, 6.07) is 36.4. The number of amides is 6. The molecule has 8 aromatic rings. The molecule has 0 spiro atoms. The minimum atomic E-state index is -2.11. The van der Waals surface area contributed by atoms with Gasteiger partial charge in [-0.3, -0.25) is 116 Å². The molecule has 8 bridgehead atoms. The van der Waals surface area contributed by atoms with Gasteiger partial charge < -0.3 is 118 Å². The Morgan fingerprint density at radius 1 is 0.231 bits per heavy atom. The van der Waals surface area contributed by atoms with Crippen LogP contribution in [0.5, 0.6) is 0 Å². The number of hydrogen-bond acceptors (Lipinski definition) is 28. The smallest absolute Gasteiger partial charge is 0.341 e. The number of hydrogen-bond donors (Lipinski definition) is 23. The third kappa shape index (κ3) is 34.4. The predicted molar refractivity (Wildman–Crippen MR) is 516 cm³/mol. The molecule has 1 aliphatic heterocycles. The van der Waals surface area contributed by atoms with Gasteiger partial charge in [-0.15, -0.1) is 0 Å². The maximum absolute atomic E-state index is 14.6. The van der Waals surface area contributed by atoms with Crippen molar-refractivity contribution in [1.29, 1.82) is 0 Å². The molecule has 0 saturated carbocycles. The van der Waals surface area contributed by atoms with Crippen molar-refractivity contribution in [2.75, 3.05) is 177 Å². The molecule has 147 heavy (non-hydrogen) atoms. The van der Waals surface area contributed by atoms with Crippen molar-refractivity contribution < 1.29 is 157 Å². The maximum Gasteiger partial charge on any atom is 0.341 e. The van der Waals surface area contributed by atoms with Crippen LogP contribution in [-0.2, 0) is 71.9 Å². The van der Waals surface area contributed by atoms with E-state index in [1.54, 1.807) is 81.4 Å². The number of rotatable bonds is 62. The zero-order valence-electron chi connectivity index (χ0n) is 79.8. The van der Waals surface area contributed by atoms with Crippen LogP contribution in [0.25, 0.3) is 22.3 Å². The van der Waals surface area contributed by atoms with Gasteiger partial charge in [0.2, 0.25) is 17.7 Å². The number of nitrogens with zero attached hydrogens (tertiary/aromatic N) is 9. The summed E-state index contributed by atoms with van der Waals surface area (Å²) in [5, 5.41) is 147. The molecule has 9 rings (SSSR count). The SMILES string of the molecule is CCNC(=O)CN(CCN(CCN(CC(=O)O)C(NC(=O)c1ccc(C2=c3ccc([nH]3)=C(c3ccc(C(=O)O)cc3)c3ccc([nH]3)C(c3ccc(C(=O)NC(C(=O)O)N(CCN(CCN(CC(=O)O)CC(=O)NCC)CC(=O)O)CC(=O)O)cc3)=c3ccc([nH]3)=C(c3ccc(C(=O)NC(C(=O)O)N(CCN(CCN(CC(=O)O)CC(=O)NCC)CC(=O)O)CC(=O)O)cc3)c3ccc2[nH]3)cc1)C(=O)O)CC(=O)O)CC(=O)O. The van der Waals surface area contributed by atoms with E-state index in [1.807, 2.05) is 0 Å². The topological polar surface area (TPSA) is 752 Å². The molecule has 784 valence electrons. The molecule has 4 aromatic heterocycles. The second-order valence-electron chi connectivity index (χ2n) is 33.7. The van der Waals surface area contributed by atoms with E-state index in [4.69, 9.17) is 0 Å². The first-order valence-electron chi connectivity index (χ1n) is 45.7. The molecule has 0 aliphatic carbocycles. The van der Waals surface area contributed by atoms with Crippen molar-refractivity contribution in [2.24, 2.45) is 0 Å². The van der Waals surface area contributed by atoms with Crippen molar-refractivity contribution in [2.45, 2.75) is 39.3 Å². The summed E-state index contributed by atoms with van der Waals surface area (Å²) >= 11 is 0. The molecule has 0 saturated heterocycles. The number of fused-ring (bicyclic) bond motifs is 8. The summed E-state index contributed by atoms with van der Waals surface area (Å²) in [7, 11) is 0. The lowest BCUT2D eigenvalue weighted by Gasteiger charge is -2.31. The van der Waals surface area contributed by atoms with E-state index in [0.717, 1.165) is 14.7 Å². The summed E-state index contributed by atoms with van der Waals surface area (Å²) in [4.78, 5) is 267. The molecule has 0 fully saturated rings. The third-order valence-corrected chi connectivity index (χ3v) is 22.9. The number of nitrogens with one attached hydrogen (secondary N) is 10. The lowest BCUT2D eigenvalue weighted by molar-refractivity contribution is -0.149. The Morgan fingerprint density at radius 3 is 0.626 bits per heavy atom. The fourth-order valence-corrected chi connectivity index (χ4v) is 16.3. The van der Waals surface area contributed by atoms with Crippen LogP contribution < -0.4 is 53.3 Å². The average Bonchev–Trinajstić information content (AvgIpc) is 1.61. The van der Waals surface area contributed by atoms with E-state index in [2.05, 4.69) is 51.8 Å². The fraction of sp³-hybridized carbons (Fsp3) is 0.344. The van der Waals surface area contributed by atoms with Gasteiger partial charge in [-0.25, -0.2) is 19.2 Å². The van der Waals surface area contributed by atoms with E-state index in [9.17, 15) is 157 Å². The number of carbonyl (C=O) groups is 19. The van der Waals surface area contributed by atoms with Gasteiger partial charge in [0.05, 0.1) is 84.1 Å². The number of aliphatic carboxylic acids is 12. The number of aromatic nitrogens is 4. The Balaban J connectivity index is 1.16. The summed E-state index contributed by atoms with van der Waals surface area (Å²) in [5.74, 6) is -23.9. The van der Waals surface area contributed by atoms with Gasteiger partial charge in [-0.05, 0) is 140 Å². The van der Waals surface area contributed by atoms with Crippen LogP contribution in [0.15, 0.2) is 146 Å². The Labute approximate surface area is 835 Å². The molecule has 1 aliphatic rings. The monoisotopic (exact) mass is 2040 g/mol. The van der Waals surface area contributed by atoms with Gasteiger partial charge in [0, 0.05) is 181 Å². The normalized spacial score (nSPS) is 12.6. The van der Waals surface area contributed by atoms with Gasteiger partial charge in [0.15, 0.2) is 18.5 Å². The number of likely N-dealkylation sites (N-methyl/N-ethyl adjacent to an activating group) is 3. The average molecular weight is 2050 g/mol.